The molecule has 0 aromatic heterocycles. The van der Waals surface area contributed by atoms with Crippen LogP contribution in [0.15, 0.2) is 48.6 Å². The second kappa shape index (κ2) is 6.44. The van der Waals surface area contributed by atoms with Crippen molar-refractivity contribution in [1.29, 1.82) is 0 Å². The van der Waals surface area contributed by atoms with E-state index in [1.807, 2.05) is 19.1 Å². The van der Waals surface area contributed by atoms with Gasteiger partial charge < -0.3 is 0 Å². The third-order valence-electron chi connectivity index (χ3n) is 3.14. The molecule has 0 radical (unpaired) electrons. The summed E-state index contributed by atoms with van der Waals surface area (Å²) in [5.74, 6) is 1.01. The highest BCUT2D eigenvalue weighted by atomic mass is 14.3. The summed E-state index contributed by atoms with van der Waals surface area (Å²) in [5, 5.41) is 0. The van der Waals surface area contributed by atoms with Crippen LogP contribution in [0.5, 0.6) is 0 Å². The van der Waals surface area contributed by atoms with Crippen molar-refractivity contribution in [2.45, 2.75) is 39.0 Å². The predicted octanol–water partition coefficient (Wildman–Crippen LogP) is 4.81. The van der Waals surface area contributed by atoms with Gasteiger partial charge in [0.15, 0.2) is 0 Å². The highest BCUT2D eigenvalue weighted by Crippen LogP contribution is 2.44. The molecule has 1 fully saturated rings. The van der Waals surface area contributed by atoms with Gasteiger partial charge >= 0.3 is 0 Å². The second-order valence-corrected chi connectivity index (χ2v) is 4.24. The summed E-state index contributed by atoms with van der Waals surface area (Å²) >= 11 is 0. The van der Waals surface area contributed by atoms with E-state index in [2.05, 4.69) is 25.3 Å². The van der Waals surface area contributed by atoms with Crippen LogP contribution < -0.4 is 0 Å². The molecule has 1 unspecified atom stereocenters. The first-order chi connectivity index (χ1) is 7.31. The molecule has 0 aromatic rings. The Bertz CT molecular complexity index is 278. The van der Waals surface area contributed by atoms with Crippen LogP contribution in [-0.2, 0) is 0 Å². The van der Waals surface area contributed by atoms with Crippen molar-refractivity contribution in [3.05, 3.63) is 48.6 Å². The summed E-state index contributed by atoms with van der Waals surface area (Å²) in [4.78, 5) is 0. The quantitative estimate of drug-likeness (QED) is 0.576. The van der Waals surface area contributed by atoms with Gasteiger partial charge in [0.1, 0.15) is 0 Å². The van der Waals surface area contributed by atoms with Crippen molar-refractivity contribution in [3.63, 3.8) is 0 Å². The summed E-state index contributed by atoms with van der Waals surface area (Å²) in [6.45, 7) is 9.35. The molecule has 1 atom stereocenters. The van der Waals surface area contributed by atoms with Gasteiger partial charge in [0, 0.05) is 0 Å². The van der Waals surface area contributed by atoms with E-state index in [9.17, 15) is 0 Å². The molecule has 0 nitrogen and oxygen atoms in total. The van der Waals surface area contributed by atoms with Crippen molar-refractivity contribution < 1.29 is 0 Å². The average molecular weight is 202 g/mol. The molecule has 0 heteroatoms. The van der Waals surface area contributed by atoms with Crippen molar-refractivity contribution in [3.8, 4) is 0 Å². The van der Waals surface area contributed by atoms with Gasteiger partial charge in [-0.25, -0.2) is 0 Å². The number of fused-ring (bicyclic) bond motifs is 2. The lowest BCUT2D eigenvalue weighted by Gasteiger charge is -2.06. The van der Waals surface area contributed by atoms with Gasteiger partial charge in [0.2, 0.25) is 0 Å². The van der Waals surface area contributed by atoms with Crippen LogP contribution in [0.2, 0.25) is 0 Å². The normalized spacial score (nSPS) is 22.9. The fraction of sp³-hybridized carbons (Fsp3) is 0.467. The van der Waals surface area contributed by atoms with Crippen LogP contribution in [0.1, 0.15) is 39.0 Å². The topological polar surface area (TPSA) is 0 Å². The maximum atomic E-state index is 3.80. The first-order valence-corrected chi connectivity index (χ1v) is 5.87. The second-order valence-electron chi connectivity index (χ2n) is 4.24. The fourth-order valence-electron chi connectivity index (χ4n) is 2.31. The Morgan fingerprint density at radius 2 is 2.13 bits per heavy atom. The van der Waals surface area contributed by atoms with Crippen LogP contribution in [0, 0.1) is 5.92 Å². The zero-order chi connectivity index (χ0) is 11.1. The molecule has 0 N–H and O–H groups in total. The lowest BCUT2D eigenvalue weighted by Crippen LogP contribution is -1.91. The monoisotopic (exact) mass is 202 g/mol. The SMILES string of the molecule is C=CC/C=C/C.C=CC1=C2CCC(C1)C2. The molecule has 82 valence electrons. The van der Waals surface area contributed by atoms with Crippen molar-refractivity contribution in [2.24, 2.45) is 5.92 Å². The highest BCUT2D eigenvalue weighted by Gasteiger charge is 2.28. The van der Waals surface area contributed by atoms with Crippen LogP contribution in [0.4, 0.5) is 0 Å². The number of hydrogen-bond donors (Lipinski definition) is 0. The van der Waals surface area contributed by atoms with Crippen LogP contribution >= 0.6 is 0 Å². The van der Waals surface area contributed by atoms with Crippen LogP contribution in [0.3, 0.4) is 0 Å². The lowest BCUT2D eigenvalue weighted by molar-refractivity contribution is 0.568. The van der Waals surface area contributed by atoms with Crippen molar-refractivity contribution >= 4 is 0 Å². The molecule has 2 rings (SSSR count). The predicted molar refractivity (Wildman–Crippen MR) is 68.8 cm³/mol. The molecule has 0 amide bonds. The van der Waals surface area contributed by atoms with E-state index in [1.165, 1.54) is 25.7 Å². The summed E-state index contributed by atoms with van der Waals surface area (Å²) in [7, 11) is 0. The van der Waals surface area contributed by atoms with Gasteiger partial charge in [-0.15, -0.1) is 6.58 Å². The summed E-state index contributed by atoms with van der Waals surface area (Å²) in [5.41, 5.74) is 3.27. The molecular weight excluding hydrogens is 180 g/mol. The molecule has 0 heterocycles. The highest BCUT2D eigenvalue weighted by molar-refractivity contribution is 5.32. The molecular formula is C15H22. The molecule has 0 spiro atoms. The number of hydrogen-bond acceptors (Lipinski definition) is 0. The maximum absolute atomic E-state index is 3.80. The van der Waals surface area contributed by atoms with Gasteiger partial charge in [0.05, 0.1) is 0 Å². The van der Waals surface area contributed by atoms with Gasteiger partial charge in [-0.05, 0) is 50.5 Å². The number of allylic oxidation sites excluding steroid dienone is 6. The minimum absolute atomic E-state index is 0.997. The van der Waals surface area contributed by atoms with E-state index in [0.29, 0.717) is 0 Å². The first kappa shape index (κ1) is 12.0. The van der Waals surface area contributed by atoms with E-state index in [1.54, 1.807) is 11.1 Å². The summed E-state index contributed by atoms with van der Waals surface area (Å²) in [6, 6.07) is 0. The van der Waals surface area contributed by atoms with E-state index in [4.69, 9.17) is 0 Å². The Balaban J connectivity index is 0.000000167. The molecule has 0 saturated heterocycles. The van der Waals surface area contributed by atoms with Gasteiger partial charge in [-0.2, -0.15) is 0 Å². The average Bonchev–Trinajstić information content (AvgIpc) is 2.88. The van der Waals surface area contributed by atoms with E-state index in [0.717, 1.165) is 12.3 Å². The minimum Gasteiger partial charge on any atom is -0.103 e. The van der Waals surface area contributed by atoms with Crippen LogP contribution in [-0.4, -0.2) is 0 Å². The molecule has 15 heavy (non-hydrogen) atoms. The Labute approximate surface area is 94.1 Å². The zero-order valence-electron chi connectivity index (χ0n) is 9.84. The smallest absolute Gasteiger partial charge is 0.0172 e. The van der Waals surface area contributed by atoms with E-state index >= 15 is 0 Å². The molecule has 1 saturated carbocycles. The molecule has 0 aliphatic heterocycles. The Morgan fingerprint density at radius 1 is 1.33 bits per heavy atom. The molecule has 2 bridgehead atoms. The zero-order valence-corrected chi connectivity index (χ0v) is 9.84. The van der Waals surface area contributed by atoms with Gasteiger partial charge in [0.25, 0.3) is 0 Å². The Morgan fingerprint density at radius 3 is 2.40 bits per heavy atom. The van der Waals surface area contributed by atoms with Crippen molar-refractivity contribution in [1.82, 2.24) is 0 Å². The molecule has 2 aliphatic rings. The number of rotatable bonds is 3. The van der Waals surface area contributed by atoms with Gasteiger partial charge in [-0.3, -0.25) is 0 Å². The third kappa shape index (κ3) is 3.54. The standard InChI is InChI=1S/C9H12.C6H10/c1-2-8-5-7-3-4-9(8)6-7;1-3-5-6-4-2/h2,7H,1,3-6H2;3-4,6H,1,5H2,2H3/b;6-4+. The third-order valence-corrected chi connectivity index (χ3v) is 3.14. The Kier molecular flexibility index (Phi) is 5.17. The summed E-state index contributed by atoms with van der Waals surface area (Å²) < 4.78 is 0. The molecule has 2 aliphatic carbocycles. The maximum Gasteiger partial charge on any atom is -0.0172 e. The minimum atomic E-state index is 0.997. The lowest BCUT2D eigenvalue weighted by atomic mass is 9.99. The van der Waals surface area contributed by atoms with E-state index in [-0.39, 0.29) is 0 Å². The largest absolute Gasteiger partial charge is 0.103 e. The summed E-state index contributed by atoms with van der Waals surface area (Å²) in [6.07, 6.45) is 14.5. The Hall–Kier alpha value is -1.04. The fourth-order valence-corrected chi connectivity index (χ4v) is 2.31. The van der Waals surface area contributed by atoms with Crippen LogP contribution in [0.25, 0.3) is 0 Å². The first-order valence-electron chi connectivity index (χ1n) is 5.87. The van der Waals surface area contributed by atoms with Gasteiger partial charge in [-0.1, -0.05) is 36.5 Å². The van der Waals surface area contributed by atoms with E-state index < -0.39 is 0 Å². The molecule has 0 aromatic carbocycles. The van der Waals surface area contributed by atoms with Crippen molar-refractivity contribution in [2.75, 3.05) is 0 Å².